The number of hydrogen-bond donors (Lipinski definition) is 3. The van der Waals surface area contributed by atoms with Crippen molar-refractivity contribution in [2.24, 2.45) is 0 Å². The van der Waals surface area contributed by atoms with E-state index < -0.39 is 6.04 Å². The summed E-state index contributed by atoms with van der Waals surface area (Å²) in [5.74, 6) is 1.13. The number of aromatic amines is 1. The van der Waals surface area contributed by atoms with Gasteiger partial charge in [-0.3, -0.25) is 4.79 Å². The highest BCUT2D eigenvalue weighted by Gasteiger charge is 2.24. The first kappa shape index (κ1) is 21.1. The Kier molecular flexibility index (Phi) is 5.75. The monoisotopic (exact) mass is 442 g/mol. The summed E-state index contributed by atoms with van der Waals surface area (Å²) in [6.45, 7) is 0.389. The fourth-order valence-corrected chi connectivity index (χ4v) is 4.44. The first-order chi connectivity index (χ1) is 16.2. The maximum absolute atomic E-state index is 13.3. The summed E-state index contributed by atoms with van der Waals surface area (Å²) >= 11 is 0. The number of aromatic nitrogens is 1. The molecule has 1 aliphatic rings. The van der Waals surface area contributed by atoms with Crippen LogP contribution in [0.25, 0.3) is 22.0 Å². The molecule has 1 amide bonds. The van der Waals surface area contributed by atoms with Gasteiger partial charge < -0.3 is 24.9 Å². The molecule has 1 atom stereocenters. The minimum atomic E-state index is -0.422. The van der Waals surface area contributed by atoms with E-state index in [9.17, 15) is 9.90 Å². The van der Waals surface area contributed by atoms with Gasteiger partial charge in [0.1, 0.15) is 11.5 Å². The van der Waals surface area contributed by atoms with Crippen LogP contribution >= 0.6 is 0 Å². The Bertz CT molecular complexity index is 1310. The first-order valence-corrected chi connectivity index (χ1v) is 11.1. The number of hydrogen-bond acceptors (Lipinski definition) is 4. The quantitative estimate of drug-likeness (QED) is 0.402. The molecule has 4 aromatic rings. The number of benzene rings is 3. The Balaban J connectivity index is 1.43. The molecule has 0 aliphatic carbocycles. The average molecular weight is 443 g/mol. The van der Waals surface area contributed by atoms with E-state index in [0.29, 0.717) is 24.3 Å². The molecule has 3 aromatic carbocycles. The van der Waals surface area contributed by atoms with E-state index in [2.05, 4.69) is 16.4 Å². The van der Waals surface area contributed by atoms with Crippen LogP contribution < -0.4 is 14.8 Å². The molecule has 2 heterocycles. The van der Waals surface area contributed by atoms with Gasteiger partial charge in [0.15, 0.2) is 0 Å². The maximum atomic E-state index is 13.3. The number of H-pyrrole nitrogens is 1. The molecule has 3 N–H and O–H groups in total. The zero-order valence-electron chi connectivity index (χ0n) is 18.4. The summed E-state index contributed by atoms with van der Waals surface area (Å²) in [5.41, 5.74) is 5.48. The van der Waals surface area contributed by atoms with Gasteiger partial charge in [0.25, 0.3) is 5.91 Å². The molecule has 0 fully saturated rings. The topological polar surface area (TPSA) is 83.6 Å². The predicted octanol–water partition coefficient (Wildman–Crippen LogP) is 4.11. The molecular formula is C27H26N2O4. The van der Waals surface area contributed by atoms with Gasteiger partial charge in [-0.15, -0.1) is 0 Å². The Morgan fingerprint density at radius 2 is 2.03 bits per heavy atom. The summed E-state index contributed by atoms with van der Waals surface area (Å²) in [5, 5.41) is 14.1. The molecule has 6 nitrogen and oxygen atoms in total. The van der Waals surface area contributed by atoms with Crippen LogP contribution in [-0.4, -0.2) is 42.4 Å². The Hall–Kier alpha value is -3.77. The van der Waals surface area contributed by atoms with Gasteiger partial charge in [-0.05, 0) is 59.0 Å². The molecule has 1 aliphatic heterocycles. The number of amides is 1. The number of nitrogens with one attached hydrogen (secondary N) is 2. The number of carbonyl (C=O) groups excluding carboxylic acids is 1. The maximum Gasteiger partial charge on any atom is 0.255 e. The average Bonchev–Trinajstić information content (AvgIpc) is 3.50. The SMILES string of the molecule is COc1cccc(-c2cc3c(c(C(=O)NC(CO)Cc4c[nH]c5ccccc45)c2)OCC3)c1. The highest BCUT2D eigenvalue weighted by molar-refractivity contribution is 5.99. The second-order valence-electron chi connectivity index (χ2n) is 8.26. The second-order valence-corrected chi connectivity index (χ2v) is 8.26. The van der Waals surface area contributed by atoms with Gasteiger partial charge in [0.05, 0.1) is 31.9 Å². The lowest BCUT2D eigenvalue weighted by Crippen LogP contribution is -2.39. The van der Waals surface area contributed by atoms with Crippen LogP contribution in [0.4, 0.5) is 0 Å². The van der Waals surface area contributed by atoms with E-state index in [1.165, 1.54) is 0 Å². The number of para-hydroxylation sites is 1. The van der Waals surface area contributed by atoms with Crippen molar-refractivity contribution in [3.8, 4) is 22.6 Å². The van der Waals surface area contributed by atoms with Crippen molar-refractivity contribution in [2.45, 2.75) is 18.9 Å². The van der Waals surface area contributed by atoms with Crippen LogP contribution in [0.3, 0.4) is 0 Å². The molecule has 0 spiro atoms. The van der Waals surface area contributed by atoms with E-state index in [-0.39, 0.29) is 12.5 Å². The lowest BCUT2D eigenvalue weighted by Gasteiger charge is -2.18. The van der Waals surface area contributed by atoms with Crippen molar-refractivity contribution in [2.75, 3.05) is 20.3 Å². The fraction of sp³-hybridized carbons (Fsp3) is 0.222. The van der Waals surface area contributed by atoms with Crippen LogP contribution in [0.15, 0.2) is 66.9 Å². The highest BCUT2D eigenvalue weighted by atomic mass is 16.5. The molecular weight excluding hydrogens is 416 g/mol. The molecule has 0 bridgehead atoms. The van der Waals surface area contributed by atoms with E-state index in [1.54, 1.807) is 7.11 Å². The minimum Gasteiger partial charge on any atom is -0.497 e. The summed E-state index contributed by atoms with van der Waals surface area (Å²) < 4.78 is 11.2. The molecule has 168 valence electrons. The summed E-state index contributed by atoms with van der Waals surface area (Å²) in [4.78, 5) is 16.6. The highest BCUT2D eigenvalue weighted by Crippen LogP contribution is 2.35. The van der Waals surface area contributed by atoms with Gasteiger partial charge in [-0.2, -0.15) is 0 Å². The van der Waals surface area contributed by atoms with E-state index in [4.69, 9.17) is 9.47 Å². The number of rotatable bonds is 7. The van der Waals surface area contributed by atoms with Crippen molar-refractivity contribution in [3.63, 3.8) is 0 Å². The normalized spacial score (nSPS) is 13.4. The van der Waals surface area contributed by atoms with Crippen molar-refractivity contribution >= 4 is 16.8 Å². The summed E-state index contributed by atoms with van der Waals surface area (Å²) in [7, 11) is 1.64. The van der Waals surface area contributed by atoms with E-state index in [0.717, 1.165) is 45.3 Å². The Labute approximate surface area is 192 Å². The van der Waals surface area contributed by atoms with Crippen molar-refractivity contribution in [3.05, 3.63) is 83.6 Å². The van der Waals surface area contributed by atoms with Crippen LogP contribution in [0.1, 0.15) is 21.5 Å². The van der Waals surface area contributed by atoms with Gasteiger partial charge in [0, 0.05) is 23.5 Å². The van der Waals surface area contributed by atoms with Crippen LogP contribution in [0, 0.1) is 0 Å². The first-order valence-electron chi connectivity index (χ1n) is 11.1. The number of aliphatic hydroxyl groups excluding tert-OH is 1. The van der Waals surface area contributed by atoms with Gasteiger partial charge in [-0.25, -0.2) is 0 Å². The van der Waals surface area contributed by atoms with Crippen LogP contribution in [0.5, 0.6) is 11.5 Å². The summed E-state index contributed by atoms with van der Waals surface area (Å²) in [6, 6.07) is 19.3. The van der Waals surface area contributed by atoms with Gasteiger partial charge >= 0.3 is 0 Å². The molecule has 1 aromatic heterocycles. The van der Waals surface area contributed by atoms with Crippen LogP contribution in [0.2, 0.25) is 0 Å². The van der Waals surface area contributed by atoms with Crippen molar-refractivity contribution in [1.82, 2.24) is 10.3 Å². The van der Waals surface area contributed by atoms with Crippen molar-refractivity contribution in [1.29, 1.82) is 0 Å². The molecule has 5 rings (SSSR count). The zero-order valence-corrected chi connectivity index (χ0v) is 18.4. The molecule has 33 heavy (non-hydrogen) atoms. The third kappa shape index (κ3) is 4.17. The molecule has 6 heteroatoms. The number of fused-ring (bicyclic) bond motifs is 2. The molecule has 1 unspecified atom stereocenters. The molecule has 0 radical (unpaired) electrons. The van der Waals surface area contributed by atoms with Gasteiger partial charge in [-0.1, -0.05) is 30.3 Å². The van der Waals surface area contributed by atoms with Crippen molar-refractivity contribution < 1.29 is 19.4 Å². The van der Waals surface area contributed by atoms with E-state index in [1.807, 2.05) is 60.8 Å². The number of aliphatic hydroxyl groups is 1. The molecule has 0 saturated carbocycles. The zero-order chi connectivity index (χ0) is 22.8. The standard InChI is InChI=1S/C27H26N2O4/c1-32-22-6-4-5-17(13-22)19-11-18-9-10-33-26(18)24(14-19)27(31)29-21(16-30)12-20-15-28-25-8-3-2-7-23(20)25/h2-8,11,13-15,21,28,30H,9-10,12,16H2,1H3,(H,29,31). The number of methoxy groups -OCH3 is 1. The summed E-state index contributed by atoms with van der Waals surface area (Å²) in [6.07, 6.45) is 3.21. The number of ether oxygens (including phenoxy) is 2. The smallest absolute Gasteiger partial charge is 0.255 e. The molecule has 0 saturated heterocycles. The van der Waals surface area contributed by atoms with Gasteiger partial charge in [0.2, 0.25) is 0 Å². The largest absolute Gasteiger partial charge is 0.497 e. The van der Waals surface area contributed by atoms with E-state index >= 15 is 0 Å². The minimum absolute atomic E-state index is 0.163. The lowest BCUT2D eigenvalue weighted by atomic mass is 9.97. The van der Waals surface area contributed by atoms with Crippen LogP contribution in [-0.2, 0) is 12.8 Å². The Morgan fingerprint density at radius 1 is 1.15 bits per heavy atom. The predicted molar refractivity (Wildman–Crippen MR) is 128 cm³/mol. The number of carbonyl (C=O) groups is 1. The lowest BCUT2D eigenvalue weighted by molar-refractivity contribution is 0.0913. The third-order valence-electron chi connectivity index (χ3n) is 6.13. The Morgan fingerprint density at radius 3 is 2.88 bits per heavy atom. The fourth-order valence-electron chi connectivity index (χ4n) is 4.44. The second kappa shape index (κ2) is 9.00. The third-order valence-corrected chi connectivity index (χ3v) is 6.13.